The van der Waals surface area contributed by atoms with Gasteiger partial charge in [0.1, 0.15) is 0 Å². The third kappa shape index (κ3) is 4.40. The van der Waals surface area contributed by atoms with E-state index in [1.807, 2.05) is 0 Å². The molecule has 0 saturated carbocycles. The molecule has 0 aromatic carbocycles. The Bertz CT molecular complexity index is 357. The highest BCUT2D eigenvalue weighted by molar-refractivity contribution is 7.89. The van der Waals surface area contributed by atoms with Gasteiger partial charge in [-0.05, 0) is 32.2 Å². The van der Waals surface area contributed by atoms with Crippen LogP contribution in [0.15, 0.2) is 0 Å². The normalized spacial score (nSPS) is 23.2. The van der Waals surface area contributed by atoms with E-state index in [0.29, 0.717) is 19.4 Å². The van der Waals surface area contributed by atoms with Crippen molar-refractivity contribution in [2.45, 2.75) is 31.9 Å². The van der Waals surface area contributed by atoms with Crippen LogP contribution in [0.4, 0.5) is 13.2 Å². The number of nitrogens with zero attached hydrogens (tertiary/aromatic N) is 1. The van der Waals surface area contributed by atoms with Crippen molar-refractivity contribution in [3.05, 3.63) is 0 Å². The highest BCUT2D eigenvalue weighted by Crippen LogP contribution is 2.34. The topological polar surface area (TPSA) is 63.4 Å². The number of rotatable bonds is 5. The van der Waals surface area contributed by atoms with Crippen LogP contribution >= 0.6 is 0 Å². The van der Waals surface area contributed by atoms with Crippen LogP contribution in [-0.2, 0) is 10.0 Å². The van der Waals surface area contributed by atoms with Crippen molar-refractivity contribution in [1.82, 2.24) is 4.31 Å². The summed E-state index contributed by atoms with van der Waals surface area (Å²) in [5, 5.41) is 0. The summed E-state index contributed by atoms with van der Waals surface area (Å²) in [4.78, 5) is 0. The van der Waals surface area contributed by atoms with Gasteiger partial charge in [-0.1, -0.05) is 0 Å². The second kappa shape index (κ2) is 6.21. The zero-order chi connectivity index (χ0) is 13.8. The Morgan fingerprint density at radius 2 is 1.94 bits per heavy atom. The predicted octanol–water partition coefficient (Wildman–Crippen LogP) is 1.33. The van der Waals surface area contributed by atoms with Crippen LogP contribution in [0.1, 0.15) is 25.7 Å². The van der Waals surface area contributed by atoms with Gasteiger partial charge in [0.15, 0.2) is 0 Å². The molecular weight excluding hydrogens is 269 g/mol. The van der Waals surface area contributed by atoms with E-state index >= 15 is 0 Å². The Hall–Kier alpha value is -0.340. The third-order valence-electron chi connectivity index (χ3n) is 3.10. The summed E-state index contributed by atoms with van der Waals surface area (Å²) in [6.45, 7) is 0.146. The van der Waals surface area contributed by atoms with E-state index < -0.39 is 28.7 Å². The van der Waals surface area contributed by atoms with Crippen molar-refractivity contribution < 1.29 is 21.6 Å². The first-order chi connectivity index (χ1) is 8.27. The number of sulfonamides is 1. The highest BCUT2D eigenvalue weighted by Gasteiger charge is 2.43. The van der Waals surface area contributed by atoms with E-state index in [1.54, 1.807) is 0 Å². The van der Waals surface area contributed by atoms with E-state index in [2.05, 4.69) is 0 Å². The molecule has 0 aromatic rings. The maximum absolute atomic E-state index is 12.6. The molecule has 0 spiro atoms. The van der Waals surface area contributed by atoms with Crippen molar-refractivity contribution >= 4 is 10.0 Å². The van der Waals surface area contributed by atoms with Gasteiger partial charge in [-0.3, -0.25) is 0 Å². The molecule has 1 fully saturated rings. The van der Waals surface area contributed by atoms with Crippen molar-refractivity contribution in [2.24, 2.45) is 11.7 Å². The first kappa shape index (κ1) is 15.7. The number of piperidine rings is 1. The summed E-state index contributed by atoms with van der Waals surface area (Å²) in [6.07, 6.45) is -3.08. The molecule has 4 nitrogen and oxygen atoms in total. The lowest BCUT2D eigenvalue weighted by Gasteiger charge is -2.32. The second-order valence-electron chi connectivity index (χ2n) is 4.55. The molecule has 1 saturated heterocycles. The van der Waals surface area contributed by atoms with Gasteiger partial charge in [0.25, 0.3) is 0 Å². The standard InChI is InChI=1S/C10H19F3N2O2S/c11-10(12,13)9-4-3-6-15(8-9)18(16,17)7-2-1-5-14/h9H,1-8,14H2. The Labute approximate surface area is 105 Å². The molecule has 0 aromatic heterocycles. The zero-order valence-electron chi connectivity index (χ0n) is 10.1. The average molecular weight is 288 g/mol. The first-order valence-corrected chi connectivity index (χ1v) is 7.63. The van der Waals surface area contributed by atoms with Crippen LogP contribution in [0.2, 0.25) is 0 Å². The summed E-state index contributed by atoms with van der Waals surface area (Å²) < 4.78 is 62.4. The van der Waals surface area contributed by atoms with E-state index in [9.17, 15) is 21.6 Å². The molecular formula is C10H19F3N2O2S. The van der Waals surface area contributed by atoms with E-state index in [-0.39, 0.29) is 25.1 Å². The fraction of sp³-hybridized carbons (Fsp3) is 1.00. The van der Waals surface area contributed by atoms with Crippen LogP contribution in [0.5, 0.6) is 0 Å². The lowest BCUT2D eigenvalue weighted by molar-refractivity contribution is -0.182. The maximum atomic E-state index is 12.6. The molecule has 1 rings (SSSR count). The van der Waals surface area contributed by atoms with Crippen molar-refractivity contribution in [2.75, 3.05) is 25.4 Å². The molecule has 1 unspecified atom stereocenters. The molecule has 1 heterocycles. The lowest BCUT2D eigenvalue weighted by Crippen LogP contribution is -2.45. The largest absolute Gasteiger partial charge is 0.393 e. The minimum absolute atomic E-state index is 0.0122. The average Bonchev–Trinajstić information content (AvgIpc) is 2.28. The summed E-state index contributed by atoms with van der Waals surface area (Å²) in [7, 11) is -3.57. The zero-order valence-corrected chi connectivity index (χ0v) is 10.9. The van der Waals surface area contributed by atoms with Gasteiger partial charge in [0.2, 0.25) is 10.0 Å². The second-order valence-corrected chi connectivity index (χ2v) is 6.64. The van der Waals surface area contributed by atoms with Gasteiger partial charge in [-0.2, -0.15) is 13.2 Å². The lowest BCUT2D eigenvalue weighted by atomic mass is 9.99. The number of halogens is 3. The van der Waals surface area contributed by atoms with E-state index in [0.717, 1.165) is 4.31 Å². The first-order valence-electron chi connectivity index (χ1n) is 6.02. The van der Waals surface area contributed by atoms with Gasteiger partial charge in [-0.15, -0.1) is 0 Å². The van der Waals surface area contributed by atoms with Gasteiger partial charge in [-0.25, -0.2) is 12.7 Å². The van der Waals surface area contributed by atoms with Crippen LogP contribution in [0, 0.1) is 5.92 Å². The number of hydrogen-bond acceptors (Lipinski definition) is 3. The molecule has 1 aliphatic heterocycles. The summed E-state index contributed by atoms with van der Waals surface area (Å²) in [5.41, 5.74) is 5.26. The minimum atomic E-state index is -4.31. The molecule has 0 radical (unpaired) electrons. The fourth-order valence-electron chi connectivity index (χ4n) is 2.02. The summed E-state index contributed by atoms with van der Waals surface area (Å²) >= 11 is 0. The van der Waals surface area contributed by atoms with Gasteiger partial charge in [0, 0.05) is 13.1 Å². The predicted molar refractivity (Wildman–Crippen MR) is 62.4 cm³/mol. The third-order valence-corrected chi connectivity index (χ3v) is 5.02. The maximum Gasteiger partial charge on any atom is 0.393 e. The number of hydrogen-bond donors (Lipinski definition) is 1. The Balaban J connectivity index is 2.60. The Morgan fingerprint density at radius 1 is 1.28 bits per heavy atom. The smallest absolute Gasteiger partial charge is 0.330 e. The van der Waals surface area contributed by atoms with Crippen LogP contribution < -0.4 is 5.73 Å². The Kier molecular flexibility index (Phi) is 5.42. The molecule has 18 heavy (non-hydrogen) atoms. The summed E-state index contributed by atoms with van der Waals surface area (Å²) in [5.74, 6) is -1.65. The molecule has 0 bridgehead atoms. The highest BCUT2D eigenvalue weighted by atomic mass is 32.2. The molecule has 1 atom stereocenters. The van der Waals surface area contributed by atoms with Gasteiger partial charge in [0.05, 0.1) is 11.7 Å². The van der Waals surface area contributed by atoms with E-state index in [4.69, 9.17) is 5.73 Å². The van der Waals surface area contributed by atoms with Crippen molar-refractivity contribution in [1.29, 1.82) is 0 Å². The number of alkyl halides is 3. The number of nitrogens with two attached hydrogens (primary N) is 1. The number of unbranched alkanes of at least 4 members (excludes halogenated alkanes) is 1. The quantitative estimate of drug-likeness (QED) is 0.776. The van der Waals surface area contributed by atoms with Gasteiger partial charge < -0.3 is 5.73 Å². The van der Waals surface area contributed by atoms with Crippen LogP contribution in [0.25, 0.3) is 0 Å². The molecule has 0 amide bonds. The summed E-state index contributed by atoms with van der Waals surface area (Å²) in [6, 6.07) is 0. The van der Waals surface area contributed by atoms with Crippen molar-refractivity contribution in [3.63, 3.8) is 0 Å². The van der Waals surface area contributed by atoms with Crippen molar-refractivity contribution in [3.8, 4) is 0 Å². The molecule has 0 aliphatic carbocycles. The molecule has 1 aliphatic rings. The monoisotopic (exact) mass is 288 g/mol. The Morgan fingerprint density at radius 3 is 2.50 bits per heavy atom. The van der Waals surface area contributed by atoms with Crippen LogP contribution in [0.3, 0.4) is 0 Å². The van der Waals surface area contributed by atoms with E-state index in [1.165, 1.54) is 0 Å². The molecule has 8 heteroatoms. The minimum Gasteiger partial charge on any atom is -0.330 e. The molecule has 108 valence electrons. The fourth-order valence-corrected chi connectivity index (χ4v) is 3.66. The molecule has 2 N–H and O–H groups in total. The SMILES string of the molecule is NCCCCS(=O)(=O)N1CCCC(C(F)(F)F)C1. The van der Waals surface area contributed by atoms with Crippen LogP contribution in [-0.4, -0.2) is 44.3 Å². The van der Waals surface area contributed by atoms with Gasteiger partial charge >= 0.3 is 6.18 Å².